The molecule has 1 aromatic carbocycles. The third-order valence-electron chi connectivity index (χ3n) is 3.27. The van der Waals surface area contributed by atoms with Gasteiger partial charge in [0.15, 0.2) is 0 Å². The van der Waals surface area contributed by atoms with Crippen LogP contribution in [0.15, 0.2) is 24.3 Å². The van der Waals surface area contributed by atoms with E-state index in [1.807, 2.05) is 12.1 Å². The zero-order valence-corrected chi connectivity index (χ0v) is 11.6. The predicted molar refractivity (Wildman–Crippen MR) is 71.6 cm³/mol. The minimum atomic E-state index is -0.937. The van der Waals surface area contributed by atoms with Gasteiger partial charge in [0.2, 0.25) is 0 Å². The van der Waals surface area contributed by atoms with E-state index in [2.05, 4.69) is 39.8 Å². The summed E-state index contributed by atoms with van der Waals surface area (Å²) in [5.74, 6) is -0.459. The minimum Gasteiger partial charge on any atom is -0.480 e. The van der Waals surface area contributed by atoms with Crippen LogP contribution in [0.25, 0.3) is 0 Å². The molecule has 0 aliphatic carbocycles. The summed E-state index contributed by atoms with van der Waals surface area (Å²) in [5, 5.41) is 8.47. The first-order valence-electron chi connectivity index (χ1n) is 6.19. The molecule has 100 valence electrons. The maximum atomic E-state index is 10.3. The van der Waals surface area contributed by atoms with Crippen molar-refractivity contribution in [1.82, 2.24) is 0 Å². The van der Waals surface area contributed by atoms with E-state index in [1.54, 1.807) is 0 Å². The van der Waals surface area contributed by atoms with Crippen molar-refractivity contribution < 1.29 is 14.6 Å². The van der Waals surface area contributed by atoms with Gasteiger partial charge >= 0.3 is 5.97 Å². The van der Waals surface area contributed by atoms with E-state index >= 15 is 0 Å². The number of hydrogen-bond acceptors (Lipinski definition) is 2. The zero-order valence-electron chi connectivity index (χ0n) is 11.6. The summed E-state index contributed by atoms with van der Waals surface area (Å²) < 4.78 is 5.05. The SMILES string of the molecule is CC(c1ccc(COCC(=O)O)cc1)C(C)(C)C. The molecule has 1 unspecified atom stereocenters. The molecule has 0 aliphatic heterocycles. The summed E-state index contributed by atoms with van der Waals surface area (Å²) in [6, 6.07) is 8.18. The molecule has 1 aromatic rings. The summed E-state index contributed by atoms with van der Waals surface area (Å²) in [6.07, 6.45) is 0. The number of carboxylic acids is 1. The van der Waals surface area contributed by atoms with Crippen molar-refractivity contribution in [2.45, 2.75) is 40.2 Å². The molecule has 0 saturated heterocycles. The Balaban J connectivity index is 2.60. The Morgan fingerprint density at radius 3 is 2.28 bits per heavy atom. The molecule has 1 N–H and O–H groups in total. The highest BCUT2D eigenvalue weighted by Gasteiger charge is 2.21. The average molecular weight is 250 g/mol. The topological polar surface area (TPSA) is 46.5 Å². The molecular formula is C15H22O3. The molecule has 0 amide bonds. The van der Waals surface area contributed by atoms with Crippen molar-refractivity contribution in [3.05, 3.63) is 35.4 Å². The summed E-state index contributed by atoms with van der Waals surface area (Å²) in [5.41, 5.74) is 2.53. The number of benzene rings is 1. The normalized spacial score (nSPS) is 13.3. The Morgan fingerprint density at radius 2 is 1.83 bits per heavy atom. The third-order valence-corrected chi connectivity index (χ3v) is 3.27. The fourth-order valence-corrected chi connectivity index (χ4v) is 1.66. The second-order valence-electron chi connectivity index (χ2n) is 5.72. The molecule has 18 heavy (non-hydrogen) atoms. The summed E-state index contributed by atoms with van der Waals surface area (Å²) >= 11 is 0. The first-order valence-corrected chi connectivity index (χ1v) is 6.19. The van der Waals surface area contributed by atoms with Gasteiger partial charge in [0.1, 0.15) is 6.61 Å². The maximum Gasteiger partial charge on any atom is 0.329 e. The van der Waals surface area contributed by atoms with E-state index in [9.17, 15) is 4.79 Å². The number of rotatable bonds is 5. The number of carbonyl (C=O) groups is 1. The lowest BCUT2D eigenvalue weighted by atomic mass is 9.78. The van der Waals surface area contributed by atoms with E-state index in [-0.39, 0.29) is 12.0 Å². The summed E-state index contributed by atoms with van der Waals surface area (Å²) in [7, 11) is 0. The lowest BCUT2D eigenvalue weighted by molar-refractivity contribution is -0.142. The standard InChI is InChI=1S/C15H22O3/c1-11(15(2,3)4)13-7-5-12(6-8-13)9-18-10-14(16)17/h5-8,11H,9-10H2,1-4H3,(H,16,17). The highest BCUT2D eigenvalue weighted by molar-refractivity contribution is 5.67. The first-order chi connectivity index (χ1) is 8.30. The van der Waals surface area contributed by atoms with Crippen LogP contribution in [-0.2, 0) is 16.1 Å². The van der Waals surface area contributed by atoms with Gasteiger partial charge in [-0.1, -0.05) is 52.0 Å². The minimum absolute atomic E-state index is 0.237. The van der Waals surface area contributed by atoms with Crippen LogP contribution in [0.3, 0.4) is 0 Å². The smallest absolute Gasteiger partial charge is 0.329 e. The van der Waals surface area contributed by atoms with Gasteiger partial charge in [0.05, 0.1) is 6.61 Å². The molecule has 0 heterocycles. The highest BCUT2D eigenvalue weighted by atomic mass is 16.5. The van der Waals surface area contributed by atoms with Gasteiger partial charge in [0.25, 0.3) is 0 Å². The Bertz CT molecular complexity index is 387. The molecule has 3 nitrogen and oxygen atoms in total. The van der Waals surface area contributed by atoms with E-state index < -0.39 is 5.97 Å². The van der Waals surface area contributed by atoms with Crippen molar-refractivity contribution in [3.63, 3.8) is 0 Å². The summed E-state index contributed by atoms with van der Waals surface area (Å²) in [4.78, 5) is 10.3. The monoisotopic (exact) mass is 250 g/mol. The van der Waals surface area contributed by atoms with Gasteiger partial charge in [-0.05, 0) is 22.5 Å². The molecule has 1 rings (SSSR count). The van der Waals surface area contributed by atoms with Crippen LogP contribution >= 0.6 is 0 Å². The van der Waals surface area contributed by atoms with Crippen LogP contribution in [0.4, 0.5) is 0 Å². The predicted octanol–water partition coefficient (Wildman–Crippen LogP) is 3.44. The third kappa shape index (κ3) is 4.49. The molecule has 0 spiro atoms. The maximum absolute atomic E-state index is 10.3. The van der Waals surface area contributed by atoms with Gasteiger partial charge in [-0.2, -0.15) is 0 Å². The number of ether oxygens (including phenoxy) is 1. The Labute approximate surface area is 109 Å². The van der Waals surface area contributed by atoms with Gasteiger partial charge in [-0.15, -0.1) is 0 Å². The Morgan fingerprint density at radius 1 is 1.28 bits per heavy atom. The van der Waals surface area contributed by atoms with Crippen molar-refractivity contribution >= 4 is 5.97 Å². The van der Waals surface area contributed by atoms with Crippen LogP contribution in [0.5, 0.6) is 0 Å². The van der Waals surface area contributed by atoms with Gasteiger partial charge in [-0.25, -0.2) is 4.79 Å². The molecule has 0 aliphatic rings. The Kier molecular flexibility index (Phi) is 4.91. The largest absolute Gasteiger partial charge is 0.480 e. The second-order valence-corrected chi connectivity index (χ2v) is 5.72. The highest BCUT2D eigenvalue weighted by Crippen LogP contribution is 2.34. The van der Waals surface area contributed by atoms with Crippen LogP contribution in [0.1, 0.15) is 44.7 Å². The molecule has 0 saturated carbocycles. The molecule has 0 bridgehead atoms. The van der Waals surface area contributed by atoms with Crippen molar-refractivity contribution in [3.8, 4) is 0 Å². The van der Waals surface area contributed by atoms with E-state index in [0.717, 1.165) is 5.56 Å². The fraction of sp³-hybridized carbons (Fsp3) is 0.533. The van der Waals surface area contributed by atoms with Gasteiger partial charge in [-0.3, -0.25) is 0 Å². The average Bonchev–Trinajstić information content (AvgIpc) is 2.27. The van der Waals surface area contributed by atoms with Crippen molar-refractivity contribution in [2.75, 3.05) is 6.61 Å². The van der Waals surface area contributed by atoms with E-state index in [1.165, 1.54) is 5.56 Å². The molecule has 0 fully saturated rings. The van der Waals surface area contributed by atoms with Crippen LogP contribution in [0.2, 0.25) is 0 Å². The lowest BCUT2D eigenvalue weighted by Crippen LogP contribution is -2.15. The number of aliphatic carboxylic acids is 1. The summed E-state index contributed by atoms with van der Waals surface area (Å²) in [6.45, 7) is 8.98. The van der Waals surface area contributed by atoms with E-state index in [4.69, 9.17) is 9.84 Å². The fourth-order valence-electron chi connectivity index (χ4n) is 1.66. The number of carboxylic acid groups (broad SMARTS) is 1. The lowest BCUT2D eigenvalue weighted by Gasteiger charge is -2.27. The molecule has 3 heteroatoms. The molecule has 1 atom stereocenters. The van der Waals surface area contributed by atoms with E-state index in [0.29, 0.717) is 12.5 Å². The Hall–Kier alpha value is -1.35. The van der Waals surface area contributed by atoms with Gasteiger partial charge < -0.3 is 9.84 Å². The molecular weight excluding hydrogens is 228 g/mol. The van der Waals surface area contributed by atoms with Crippen molar-refractivity contribution in [1.29, 1.82) is 0 Å². The second kappa shape index (κ2) is 6.01. The van der Waals surface area contributed by atoms with Crippen LogP contribution < -0.4 is 0 Å². The van der Waals surface area contributed by atoms with Crippen LogP contribution in [0, 0.1) is 5.41 Å². The van der Waals surface area contributed by atoms with Crippen LogP contribution in [-0.4, -0.2) is 17.7 Å². The van der Waals surface area contributed by atoms with Gasteiger partial charge in [0, 0.05) is 0 Å². The van der Waals surface area contributed by atoms with Crippen molar-refractivity contribution in [2.24, 2.45) is 5.41 Å². The molecule has 0 aromatic heterocycles. The molecule has 0 radical (unpaired) electrons. The first kappa shape index (κ1) is 14.7. The zero-order chi connectivity index (χ0) is 13.8. The quantitative estimate of drug-likeness (QED) is 0.870. The number of hydrogen-bond donors (Lipinski definition) is 1.